The van der Waals surface area contributed by atoms with Gasteiger partial charge >= 0.3 is 5.97 Å². The van der Waals surface area contributed by atoms with Crippen molar-refractivity contribution in [3.8, 4) is 0 Å². The molecule has 7 N–H and O–H groups in total. The highest BCUT2D eigenvalue weighted by molar-refractivity contribution is 5.75. The van der Waals surface area contributed by atoms with E-state index in [0.717, 1.165) is 25.9 Å². The smallest absolute Gasteiger partial charge is 0.332 e. The maximum Gasteiger partial charge on any atom is 0.332 e. The van der Waals surface area contributed by atoms with Gasteiger partial charge < -0.3 is 36.4 Å². The van der Waals surface area contributed by atoms with Gasteiger partial charge in [-0.2, -0.15) is 0 Å². The summed E-state index contributed by atoms with van der Waals surface area (Å²) in [7, 11) is 4.13. The van der Waals surface area contributed by atoms with E-state index < -0.39 is 17.9 Å². The van der Waals surface area contributed by atoms with Crippen molar-refractivity contribution >= 4 is 11.9 Å². The van der Waals surface area contributed by atoms with Crippen LogP contribution in [-0.2, 0) is 9.59 Å². The molecule has 0 rings (SSSR count). The Labute approximate surface area is 246 Å². The summed E-state index contributed by atoms with van der Waals surface area (Å²) < 4.78 is 0. The number of hydrogen-bond acceptors (Lipinski definition) is 7. The molecule has 40 heavy (non-hydrogen) atoms. The first-order valence-corrected chi connectivity index (χ1v) is 15.9. The molecule has 0 radical (unpaired) electrons. The lowest BCUT2D eigenvalue weighted by molar-refractivity contribution is -0.165. The van der Waals surface area contributed by atoms with E-state index >= 15 is 0 Å². The number of aliphatic carboxylic acids is 1. The zero-order chi connectivity index (χ0) is 31.1. The summed E-state index contributed by atoms with van der Waals surface area (Å²) >= 11 is 0. The van der Waals surface area contributed by atoms with Crippen molar-refractivity contribution in [3.05, 3.63) is 0 Å². The van der Waals surface area contributed by atoms with Gasteiger partial charge in [-0.3, -0.25) is 4.79 Å². The molecule has 9 nitrogen and oxygen atoms in total. The Balaban J connectivity index is -0.000000796. The molecule has 0 spiro atoms. The van der Waals surface area contributed by atoms with Gasteiger partial charge in [-0.15, -0.1) is 0 Å². The molecule has 1 atom stereocenters. The Morgan fingerprint density at radius 3 is 1.50 bits per heavy atom. The van der Waals surface area contributed by atoms with Crippen molar-refractivity contribution in [2.24, 2.45) is 5.73 Å². The molecule has 0 aliphatic heterocycles. The Bertz CT molecular complexity index is 545. The van der Waals surface area contributed by atoms with E-state index in [1.807, 2.05) is 0 Å². The number of carboxylic acid groups (broad SMARTS) is 1. The highest BCUT2D eigenvalue weighted by Crippen LogP contribution is 2.13. The number of carbonyl (C=O) groups is 2. The molecule has 0 saturated heterocycles. The Morgan fingerprint density at radius 1 is 0.800 bits per heavy atom. The fraction of sp³-hybridized carbons (Fsp3) is 0.935. The van der Waals surface area contributed by atoms with E-state index in [4.69, 9.17) is 26.2 Å². The third-order valence-corrected chi connectivity index (χ3v) is 6.58. The van der Waals surface area contributed by atoms with E-state index in [1.54, 1.807) is 6.92 Å². The number of hydrogen-bond donors (Lipinski definition) is 6. The fourth-order valence-electron chi connectivity index (χ4n) is 3.78. The van der Waals surface area contributed by atoms with Gasteiger partial charge in [-0.05, 0) is 53.4 Å². The molecule has 0 aromatic heterocycles. The van der Waals surface area contributed by atoms with Crippen molar-refractivity contribution < 1.29 is 30.0 Å². The molecule has 0 fully saturated rings. The number of rotatable bonds is 24. The second kappa shape index (κ2) is 32.3. The maximum atomic E-state index is 11.7. The van der Waals surface area contributed by atoms with Gasteiger partial charge in [0.1, 0.15) is 6.10 Å². The largest absolute Gasteiger partial charge is 0.479 e. The van der Waals surface area contributed by atoms with E-state index in [9.17, 15) is 9.59 Å². The summed E-state index contributed by atoms with van der Waals surface area (Å²) in [5, 5.41) is 36.4. The van der Waals surface area contributed by atoms with Crippen molar-refractivity contribution in [3.63, 3.8) is 0 Å². The standard InChI is InChI=1S/C23H48N2O.C5H13NO2.C3H6O3/c1-4-5-6-7-8-9-10-11-12-13-14-15-16-17-18-20-23(26)24-21-19-22-25(2)3;1-2-5(7,8)3-4-6;1-2(4)3(5)6/h4-22H2,1-3H3,(H,24,26);7-8H,2-4,6H2,1H3;2,4H,1H3,(H,5,6). The van der Waals surface area contributed by atoms with Crippen LogP contribution in [0.1, 0.15) is 143 Å². The molecule has 0 aromatic carbocycles. The third kappa shape index (κ3) is 41.2. The van der Waals surface area contributed by atoms with E-state index in [1.165, 1.54) is 96.8 Å². The Kier molecular flexibility index (Phi) is 34.8. The average Bonchev–Trinajstić information content (AvgIpc) is 2.89. The average molecular weight is 578 g/mol. The summed E-state index contributed by atoms with van der Waals surface area (Å²) in [5.74, 6) is -2.48. The molecule has 242 valence electrons. The van der Waals surface area contributed by atoms with Crippen molar-refractivity contribution in [2.45, 2.75) is 155 Å². The summed E-state index contributed by atoms with van der Waals surface area (Å²) in [5.41, 5.74) is 5.07. The molecule has 0 saturated carbocycles. The molecule has 0 bridgehead atoms. The second-order valence-electron chi connectivity index (χ2n) is 11.1. The van der Waals surface area contributed by atoms with Crippen molar-refractivity contribution in [1.82, 2.24) is 10.2 Å². The molecule has 0 aromatic rings. The molecule has 0 heterocycles. The van der Waals surface area contributed by atoms with E-state index in [-0.39, 0.29) is 12.3 Å². The normalized spacial score (nSPS) is 11.8. The fourth-order valence-corrected chi connectivity index (χ4v) is 3.78. The summed E-state index contributed by atoms with van der Waals surface area (Å²) in [4.78, 5) is 23.3. The molecule has 0 aliphatic rings. The third-order valence-electron chi connectivity index (χ3n) is 6.58. The topological polar surface area (TPSA) is 156 Å². The van der Waals surface area contributed by atoms with Crippen LogP contribution in [0.3, 0.4) is 0 Å². The lowest BCUT2D eigenvalue weighted by Crippen LogP contribution is -2.29. The molecule has 1 amide bonds. The maximum absolute atomic E-state index is 11.7. The van der Waals surface area contributed by atoms with Gasteiger partial charge in [0.15, 0.2) is 5.79 Å². The van der Waals surface area contributed by atoms with E-state index in [0.29, 0.717) is 19.4 Å². The Morgan fingerprint density at radius 2 is 1.20 bits per heavy atom. The van der Waals surface area contributed by atoms with Crippen LogP contribution in [0, 0.1) is 0 Å². The van der Waals surface area contributed by atoms with Gasteiger partial charge in [-0.25, -0.2) is 4.79 Å². The number of carboxylic acids is 1. The van der Waals surface area contributed by atoms with Gasteiger partial charge in [0, 0.05) is 19.4 Å². The first-order valence-electron chi connectivity index (χ1n) is 15.9. The van der Waals surface area contributed by atoms with Crippen LogP contribution in [0.4, 0.5) is 0 Å². The lowest BCUT2D eigenvalue weighted by Gasteiger charge is -2.17. The second-order valence-corrected chi connectivity index (χ2v) is 11.1. The minimum Gasteiger partial charge on any atom is -0.479 e. The highest BCUT2D eigenvalue weighted by Gasteiger charge is 2.17. The van der Waals surface area contributed by atoms with Crippen molar-refractivity contribution in [1.29, 1.82) is 0 Å². The number of unbranched alkanes of at least 4 members (excludes halogenated alkanes) is 14. The number of aliphatic hydroxyl groups excluding tert-OH is 1. The van der Waals surface area contributed by atoms with Gasteiger partial charge in [-0.1, -0.05) is 104 Å². The summed E-state index contributed by atoms with van der Waals surface area (Å²) in [6, 6.07) is 0. The number of carbonyl (C=O) groups excluding carboxylic acids is 1. The lowest BCUT2D eigenvalue weighted by atomic mass is 10.0. The van der Waals surface area contributed by atoms with Crippen LogP contribution in [0.2, 0.25) is 0 Å². The van der Waals surface area contributed by atoms with Gasteiger partial charge in [0.2, 0.25) is 5.91 Å². The van der Waals surface area contributed by atoms with Gasteiger partial charge in [0.05, 0.1) is 0 Å². The van der Waals surface area contributed by atoms with Crippen LogP contribution in [0.25, 0.3) is 0 Å². The number of nitrogens with zero attached hydrogens (tertiary/aromatic N) is 1. The molecule has 9 heteroatoms. The zero-order valence-electron chi connectivity index (χ0n) is 26.8. The highest BCUT2D eigenvalue weighted by atomic mass is 16.5. The number of nitrogens with two attached hydrogens (primary N) is 1. The number of amides is 1. The molecular formula is C31H67N3O6. The van der Waals surface area contributed by atoms with Crippen molar-refractivity contribution in [2.75, 3.05) is 33.7 Å². The van der Waals surface area contributed by atoms with Crippen LogP contribution >= 0.6 is 0 Å². The van der Waals surface area contributed by atoms with Crippen LogP contribution in [0.5, 0.6) is 0 Å². The summed E-state index contributed by atoms with van der Waals surface area (Å²) in [6.45, 7) is 7.36. The summed E-state index contributed by atoms with van der Waals surface area (Å²) in [6.07, 6.45) is 21.6. The first-order chi connectivity index (χ1) is 18.9. The van der Waals surface area contributed by atoms with E-state index in [2.05, 4.69) is 31.2 Å². The SMILES string of the molecule is CC(O)C(=O)O.CCC(O)(O)CCN.CCCCCCCCCCCCCCCCCC(=O)NCCCN(C)C. The predicted molar refractivity (Wildman–Crippen MR) is 166 cm³/mol. The Hall–Kier alpha value is -1.26. The first kappa shape index (κ1) is 43.2. The molecule has 0 aliphatic carbocycles. The minimum atomic E-state index is -1.53. The predicted octanol–water partition coefficient (Wildman–Crippen LogP) is 5.19. The molecule has 1 unspecified atom stereocenters. The van der Waals surface area contributed by atoms with Crippen LogP contribution < -0.4 is 11.1 Å². The monoisotopic (exact) mass is 578 g/mol. The molecular weight excluding hydrogens is 510 g/mol. The number of aliphatic hydroxyl groups is 3. The quantitative estimate of drug-likeness (QED) is 0.0676. The van der Waals surface area contributed by atoms with Gasteiger partial charge in [0.25, 0.3) is 0 Å². The van der Waals surface area contributed by atoms with Crippen LogP contribution in [0.15, 0.2) is 0 Å². The van der Waals surface area contributed by atoms with Crippen LogP contribution in [-0.4, -0.2) is 82.8 Å². The minimum absolute atomic E-state index is 0.235. The number of nitrogens with one attached hydrogen (secondary N) is 1. The zero-order valence-corrected chi connectivity index (χ0v) is 26.8.